The molecule has 3 rings (SSSR count). The Morgan fingerprint density at radius 1 is 1.37 bits per heavy atom. The molecule has 1 aromatic carbocycles. The maximum atomic E-state index is 10.6. The van der Waals surface area contributed by atoms with Crippen LogP contribution in [0.15, 0.2) is 29.6 Å². The van der Waals surface area contributed by atoms with E-state index >= 15 is 0 Å². The highest BCUT2D eigenvalue weighted by Gasteiger charge is 2.38. The first kappa shape index (κ1) is 13.1. The molecular formula is C17H22OS. The number of benzene rings is 1. The molecule has 0 amide bonds. The number of thiophene rings is 1. The second kappa shape index (κ2) is 4.92. The molecule has 19 heavy (non-hydrogen) atoms. The Kier molecular flexibility index (Phi) is 3.40. The van der Waals surface area contributed by atoms with Gasteiger partial charge in [-0.3, -0.25) is 0 Å². The van der Waals surface area contributed by atoms with E-state index in [0.29, 0.717) is 11.3 Å². The van der Waals surface area contributed by atoms with E-state index in [1.54, 1.807) is 11.3 Å². The summed E-state index contributed by atoms with van der Waals surface area (Å²) in [5.41, 5.74) is 1.61. The van der Waals surface area contributed by atoms with Crippen molar-refractivity contribution in [2.75, 3.05) is 0 Å². The van der Waals surface area contributed by atoms with Crippen molar-refractivity contribution in [3.63, 3.8) is 0 Å². The first-order chi connectivity index (χ1) is 9.08. The van der Waals surface area contributed by atoms with Gasteiger partial charge in [0.2, 0.25) is 0 Å². The Bertz CT molecular complexity index is 569. The van der Waals surface area contributed by atoms with Crippen LogP contribution in [0.1, 0.15) is 38.7 Å². The highest BCUT2D eigenvalue weighted by molar-refractivity contribution is 7.17. The van der Waals surface area contributed by atoms with Crippen LogP contribution in [0.25, 0.3) is 10.1 Å². The molecule has 2 unspecified atom stereocenters. The van der Waals surface area contributed by atoms with Crippen LogP contribution in [0.2, 0.25) is 0 Å². The molecule has 0 saturated heterocycles. The average molecular weight is 274 g/mol. The van der Waals surface area contributed by atoms with Crippen molar-refractivity contribution in [2.24, 2.45) is 11.3 Å². The van der Waals surface area contributed by atoms with Crippen molar-refractivity contribution in [1.29, 1.82) is 0 Å². The van der Waals surface area contributed by atoms with E-state index in [9.17, 15) is 5.11 Å². The van der Waals surface area contributed by atoms with E-state index in [1.807, 2.05) is 0 Å². The van der Waals surface area contributed by atoms with Crippen molar-refractivity contribution in [3.05, 3.63) is 35.2 Å². The summed E-state index contributed by atoms with van der Waals surface area (Å²) in [6.07, 6.45) is 4.29. The van der Waals surface area contributed by atoms with Crippen molar-refractivity contribution in [1.82, 2.24) is 0 Å². The molecule has 2 heteroatoms. The standard InChI is InChI=1S/C17H22OS/c1-17(2)9-5-7-14(17)15(18)10-12-11-19-16-8-4-3-6-13(12)16/h3-4,6,8,11,14-15,18H,5,7,9-10H2,1-2H3. The summed E-state index contributed by atoms with van der Waals surface area (Å²) < 4.78 is 1.33. The highest BCUT2D eigenvalue weighted by atomic mass is 32.1. The number of fused-ring (bicyclic) bond motifs is 1. The third-order valence-corrected chi connectivity index (χ3v) is 5.81. The molecule has 2 aromatic rings. The molecule has 0 radical (unpaired) electrons. The van der Waals surface area contributed by atoms with Gasteiger partial charge in [-0.25, -0.2) is 0 Å². The Morgan fingerprint density at radius 2 is 2.16 bits per heavy atom. The van der Waals surface area contributed by atoms with E-state index in [0.717, 1.165) is 6.42 Å². The molecule has 102 valence electrons. The van der Waals surface area contributed by atoms with E-state index in [-0.39, 0.29) is 6.10 Å². The Balaban J connectivity index is 1.81. The van der Waals surface area contributed by atoms with Gasteiger partial charge in [-0.2, -0.15) is 0 Å². The number of aliphatic hydroxyl groups excluding tert-OH is 1. The largest absolute Gasteiger partial charge is 0.392 e. The average Bonchev–Trinajstić information content (AvgIpc) is 2.93. The molecule has 0 aliphatic heterocycles. The maximum Gasteiger partial charge on any atom is 0.0614 e. The molecule has 1 aromatic heterocycles. The summed E-state index contributed by atoms with van der Waals surface area (Å²) in [6, 6.07) is 8.51. The normalized spacial score (nSPS) is 23.8. The summed E-state index contributed by atoms with van der Waals surface area (Å²) >= 11 is 1.79. The van der Waals surface area contributed by atoms with Gasteiger partial charge in [-0.15, -0.1) is 11.3 Å². The molecule has 1 aliphatic rings. The van der Waals surface area contributed by atoms with E-state index in [1.165, 1.54) is 34.9 Å². The summed E-state index contributed by atoms with van der Waals surface area (Å²) in [5, 5.41) is 14.2. The lowest BCUT2D eigenvalue weighted by Gasteiger charge is -2.31. The molecule has 0 spiro atoms. The second-order valence-corrected chi connectivity index (χ2v) is 7.43. The predicted octanol–water partition coefficient (Wildman–Crippen LogP) is 4.63. The smallest absolute Gasteiger partial charge is 0.0614 e. The van der Waals surface area contributed by atoms with Gasteiger partial charge in [0, 0.05) is 11.1 Å². The Labute approximate surface area is 119 Å². The summed E-state index contributed by atoms with van der Waals surface area (Å²) in [4.78, 5) is 0. The number of rotatable bonds is 3. The van der Waals surface area contributed by atoms with Crippen LogP contribution < -0.4 is 0 Å². The van der Waals surface area contributed by atoms with Gasteiger partial charge in [0.1, 0.15) is 0 Å². The van der Waals surface area contributed by atoms with Gasteiger partial charge in [0.05, 0.1) is 6.10 Å². The van der Waals surface area contributed by atoms with Gasteiger partial charge in [-0.1, -0.05) is 38.5 Å². The van der Waals surface area contributed by atoms with Crippen LogP contribution in [-0.4, -0.2) is 11.2 Å². The zero-order valence-electron chi connectivity index (χ0n) is 11.7. The Hall–Kier alpha value is -0.860. The van der Waals surface area contributed by atoms with Crippen LogP contribution in [0.5, 0.6) is 0 Å². The molecule has 2 atom stereocenters. The Morgan fingerprint density at radius 3 is 2.89 bits per heavy atom. The first-order valence-electron chi connectivity index (χ1n) is 7.21. The third-order valence-electron chi connectivity index (χ3n) is 4.79. The summed E-state index contributed by atoms with van der Waals surface area (Å²) in [5.74, 6) is 0.450. The summed E-state index contributed by atoms with van der Waals surface area (Å²) in [7, 11) is 0. The van der Waals surface area contributed by atoms with Gasteiger partial charge in [0.25, 0.3) is 0 Å². The lowest BCUT2D eigenvalue weighted by Crippen LogP contribution is -2.31. The fourth-order valence-electron chi connectivity index (χ4n) is 3.63. The zero-order chi connectivity index (χ0) is 13.5. The summed E-state index contributed by atoms with van der Waals surface area (Å²) in [6.45, 7) is 4.61. The number of hydrogen-bond acceptors (Lipinski definition) is 2. The van der Waals surface area contributed by atoms with Gasteiger partial charge in [-0.05, 0) is 46.6 Å². The van der Waals surface area contributed by atoms with E-state index in [4.69, 9.17) is 0 Å². The van der Waals surface area contributed by atoms with E-state index < -0.39 is 0 Å². The van der Waals surface area contributed by atoms with Crippen molar-refractivity contribution < 1.29 is 5.11 Å². The number of hydrogen-bond donors (Lipinski definition) is 1. The fraction of sp³-hybridized carbons (Fsp3) is 0.529. The van der Waals surface area contributed by atoms with Crippen LogP contribution in [-0.2, 0) is 6.42 Å². The predicted molar refractivity (Wildman–Crippen MR) is 82.7 cm³/mol. The maximum absolute atomic E-state index is 10.6. The lowest BCUT2D eigenvalue weighted by molar-refractivity contribution is 0.0546. The molecule has 1 fully saturated rings. The lowest BCUT2D eigenvalue weighted by atomic mass is 9.77. The molecular weight excluding hydrogens is 252 g/mol. The van der Waals surface area contributed by atoms with Crippen LogP contribution >= 0.6 is 11.3 Å². The third kappa shape index (κ3) is 2.44. The zero-order valence-corrected chi connectivity index (χ0v) is 12.5. The van der Waals surface area contributed by atoms with Gasteiger partial charge in [0.15, 0.2) is 0 Å². The van der Waals surface area contributed by atoms with Gasteiger partial charge >= 0.3 is 0 Å². The van der Waals surface area contributed by atoms with Crippen molar-refractivity contribution in [3.8, 4) is 0 Å². The monoisotopic (exact) mass is 274 g/mol. The molecule has 1 aliphatic carbocycles. The van der Waals surface area contributed by atoms with Crippen LogP contribution in [0, 0.1) is 11.3 Å². The molecule has 1 heterocycles. The minimum atomic E-state index is -0.199. The highest BCUT2D eigenvalue weighted by Crippen LogP contribution is 2.45. The number of aliphatic hydroxyl groups is 1. The molecule has 0 bridgehead atoms. The topological polar surface area (TPSA) is 20.2 Å². The van der Waals surface area contributed by atoms with Crippen LogP contribution in [0.4, 0.5) is 0 Å². The van der Waals surface area contributed by atoms with Crippen molar-refractivity contribution in [2.45, 2.75) is 45.6 Å². The van der Waals surface area contributed by atoms with Crippen LogP contribution in [0.3, 0.4) is 0 Å². The molecule has 1 N–H and O–H groups in total. The SMILES string of the molecule is CC1(C)CCCC1C(O)Cc1csc2ccccc12. The minimum absolute atomic E-state index is 0.199. The molecule has 1 saturated carbocycles. The molecule has 1 nitrogen and oxygen atoms in total. The van der Waals surface area contributed by atoms with Crippen molar-refractivity contribution >= 4 is 21.4 Å². The minimum Gasteiger partial charge on any atom is -0.392 e. The quantitative estimate of drug-likeness (QED) is 0.865. The second-order valence-electron chi connectivity index (χ2n) is 6.52. The van der Waals surface area contributed by atoms with Gasteiger partial charge < -0.3 is 5.11 Å². The van der Waals surface area contributed by atoms with E-state index in [2.05, 4.69) is 43.5 Å². The first-order valence-corrected chi connectivity index (χ1v) is 8.09. The fourth-order valence-corrected chi connectivity index (χ4v) is 4.60.